The van der Waals surface area contributed by atoms with Crippen LogP contribution in [0, 0.1) is 5.92 Å². The summed E-state index contributed by atoms with van der Waals surface area (Å²) in [7, 11) is 0. The minimum absolute atomic E-state index is 0.177. The highest BCUT2D eigenvalue weighted by Gasteiger charge is 2.12. The van der Waals surface area contributed by atoms with Gasteiger partial charge in [0.2, 0.25) is 5.91 Å². The van der Waals surface area contributed by atoms with Gasteiger partial charge in [-0.3, -0.25) is 9.59 Å². The summed E-state index contributed by atoms with van der Waals surface area (Å²) in [6.07, 6.45) is 2.08. The standard InChI is InChI=1S/C14H16N2O3/c1-9(13(15)17)5-7-16-14(18)11-3-2-4-12-10(11)6-8-19-12/h2-4,6,8-9H,5,7H2,1H3,(H2,15,17)(H,16,18). The number of nitrogens with two attached hydrogens (primary N) is 1. The fourth-order valence-corrected chi connectivity index (χ4v) is 1.83. The summed E-state index contributed by atoms with van der Waals surface area (Å²) in [5, 5.41) is 3.56. The Bertz CT molecular complexity index is 604. The second-order valence-electron chi connectivity index (χ2n) is 4.49. The van der Waals surface area contributed by atoms with Gasteiger partial charge in [-0.1, -0.05) is 13.0 Å². The molecule has 100 valence electrons. The number of carbonyl (C=O) groups excluding carboxylic acids is 2. The van der Waals surface area contributed by atoms with Gasteiger partial charge in [0.05, 0.1) is 11.8 Å². The molecule has 0 spiro atoms. The van der Waals surface area contributed by atoms with Gasteiger partial charge < -0.3 is 15.5 Å². The van der Waals surface area contributed by atoms with E-state index >= 15 is 0 Å². The summed E-state index contributed by atoms with van der Waals surface area (Å²) >= 11 is 0. The number of furan rings is 1. The zero-order valence-corrected chi connectivity index (χ0v) is 10.7. The number of primary amides is 1. The molecule has 1 aromatic heterocycles. The molecule has 2 rings (SSSR count). The van der Waals surface area contributed by atoms with E-state index in [4.69, 9.17) is 10.2 Å². The molecule has 0 radical (unpaired) electrons. The first-order valence-electron chi connectivity index (χ1n) is 6.13. The smallest absolute Gasteiger partial charge is 0.252 e. The molecule has 0 aliphatic rings. The fraction of sp³-hybridized carbons (Fsp3) is 0.286. The SMILES string of the molecule is CC(CCNC(=O)c1cccc2occc12)C(N)=O. The van der Waals surface area contributed by atoms with Crippen molar-refractivity contribution in [1.82, 2.24) is 5.32 Å². The van der Waals surface area contributed by atoms with E-state index in [2.05, 4.69) is 5.32 Å². The Hall–Kier alpha value is -2.30. The predicted octanol–water partition coefficient (Wildman–Crippen LogP) is 1.67. The molecule has 2 amide bonds. The lowest BCUT2D eigenvalue weighted by atomic mass is 10.1. The maximum absolute atomic E-state index is 12.0. The van der Waals surface area contributed by atoms with E-state index in [1.54, 1.807) is 37.5 Å². The molecule has 0 saturated heterocycles. The molecule has 0 aliphatic heterocycles. The Morgan fingerprint density at radius 3 is 2.89 bits per heavy atom. The fourth-order valence-electron chi connectivity index (χ4n) is 1.83. The van der Waals surface area contributed by atoms with Crippen LogP contribution in [0.2, 0.25) is 0 Å². The van der Waals surface area contributed by atoms with Crippen molar-refractivity contribution in [3.05, 3.63) is 36.1 Å². The van der Waals surface area contributed by atoms with E-state index in [1.165, 1.54) is 0 Å². The average molecular weight is 260 g/mol. The number of benzene rings is 1. The van der Waals surface area contributed by atoms with Crippen LogP contribution in [0.4, 0.5) is 0 Å². The number of hydrogen-bond donors (Lipinski definition) is 2. The van der Waals surface area contributed by atoms with E-state index < -0.39 is 0 Å². The van der Waals surface area contributed by atoms with Gasteiger partial charge in [-0.25, -0.2) is 0 Å². The molecule has 0 fully saturated rings. The number of amides is 2. The third-order valence-electron chi connectivity index (χ3n) is 3.09. The second-order valence-corrected chi connectivity index (χ2v) is 4.49. The van der Waals surface area contributed by atoms with E-state index in [1.807, 2.05) is 0 Å². The van der Waals surface area contributed by atoms with Crippen molar-refractivity contribution in [3.8, 4) is 0 Å². The van der Waals surface area contributed by atoms with E-state index in [0.717, 1.165) is 5.39 Å². The molecule has 0 aliphatic carbocycles. The van der Waals surface area contributed by atoms with Crippen molar-refractivity contribution < 1.29 is 14.0 Å². The van der Waals surface area contributed by atoms with Crippen LogP contribution < -0.4 is 11.1 Å². The highest BCUT2D eigenvalue weighted by molar-refractivity contribution is 6.05. The van der Waals surface area contributed by atoms with Crippen LogP contribution in [0.5, 0.6) is 0 Å². The first-order valence-corrected chi connectivity index (χ1v) is 6.13. The maximum Gasteiger partial charge on any atom is 0.252 e. The number of hydrogen-bond acceptors (Lipinski definition) is 3. The first kappa shape index (κ1) is 13.1. The first-order chi connectivity index (χ1) is 9.09. The largest absolute Gasteiger partial charge is 0.464 e. The van der Waals surface area contributed by atoms with Crippen LogP contribution in [0.25, 0.3) is 11.0 Å². The monoisotopic (exact) mass is 260 g/mol. The van der Waals surface area contributed by atoms with Crippen LogP contribution in [0.3, 0.4) is 0 Å². The van der Waals surface area contributed by atoms with Crippen molar-refractivity contribution in [2.24, 2.45) is 11.7 Å². The highest BCUT2D eigenvalue weighted by atomic mass is 16.3. The molecule has 0 bridgehead atoms. The minimum atomic E-state index is -0.355. The van der Waals surface area contributed by atoms with Crippen LogP contribution in [-0.4, -0.2) is 18.4 Å². The Kier molecular flexibility index (Phi) is 3.85. The van der Waals surface area contributed by atoms with Crippen molar-refractivity contribution >= 4 is 22.8 Å². The number of carbonyl (C=O) groups is 2. The highest BCUT2D eigenvalue weighted by Crippen LogP contribution is 2.19. The number of rotatable bonds is 5. The molecule has 3 N–H and O–H groups in total. The van der Waals surface area contributed by atoms with Crippen LogP contribution in [0.15, 0.2) is 34.9 Å². The van der Waals surface area contributed by atoms with Gasteiger partial charge >= 0.3 is 0 Å². The molecular formula is C14H16N2O3. The molecule has 0 saturated carbocycles. The van der Waals surface area contributed by atoms with Crippen molar-refractivity contribution in [2.75, 3.05) is 6.54 Å². The van der Waals surface area contributed by atoms with Gasteiger partial charge in [0.1, 0.15) is 5.58 Å². The van der Waals surface area contributed by atoms with Gasteiger partial charge in [-0.2, -0.15) is 0 Å². The molecule has 1 aromatic carbocycles. The quantitative estimate of drug-likeness (QED) is 0.857. The van der Waals surface area contributed by atoms with E-state index in [9.17, 15) is 9.59 Å². The van der Waals surface area contributed by atoms with Crippen molar-refractivity contribution in [1.29, 1.82) is 0 Å². The Morgan fingerprint density at radius 2 is 2.16 bits per heavy atom. The lowest BCUT2D eigenvalue weighted by molar-refractivity contribution is -0.121. The number of fused-ring (bicyclic) bond motifs is 1. The summed E-state index contributed by atoms with van der Waals surface area (Å²) in [6.45, 7) is 2.16. The summed E-state index contributed by atoms with van der Waals surface area (Å²) in [4.78, 5) is 22.9. The van der Waals surface area contributed by atoms with E-state index in [-0.39, 0.29) is 17.7 Å². The molecule has 1 heterocycles. The zero-order valence-electron chi connectivity index (χ0n) is 10.7. The molecule has 1 unspecified atom stereocenters. The van der Waals surface area contributed by atoms with Gasteiger partial charge in [0, 0.05) is 17.8 Å². The molecule has 1 atom stereocenters. The lowest BCUT2D eigenvalue weighted by Gasteiger charge is -2.09. The van der Waals surface area contributed by atoms with Crippen LogP contribution in [0.1, 0.15) is 23.7 Å². The van der Waals surface area contributed by atoms with Crippen LogP contribution in [-0.2, 0) is 4.79 Å². The van der Waals surface area contributed by atoms with Gasteiger partial charge in [0.15, 0.2) is 0 Å². The lowest BCUT2D eigenvalue weighted by Crippen LogP contribution is -2.29. The molecule has 5 heteroatoms. The summed E-state index contributed by atoms with van der Waals surface area (Å²) < 4.78 is 5.24. The predicted molar refractivity (Wildman–Crippen MR) is 71.5 cm³/mol. The third kappa shape index (κ3) is 2.93. The third-order valence-corrected chi connectivity index (χ3v) is 3.09. The summed E-state index contributed by atoms with van der Waals surface area (Å²) in [5.41, 5.74) is 6.41. The molecular weight excluding hydrogens is 244 g/mol. The van der Waals surface area contributed by atoms with Crippen molar-refractivity contribution in [3.63, 3.8) is 0 Å². The van der Waals surface area contributed by atoms with Gasteiger partial charge in [0.25, 0.3) is 5.91 Å². The zero-order chi connectivity index (χ0) is 13.8. The van der Waals surface area contributed by atoms with Gasteiger partial charge in [-0.05, 0) is 24.6 Å². The minimum Gasteiger partial charge on any atom is -0.464 e. The Balaban J connectivity index is 2.00. The maximum atomic E-state index is 12.0. The van der Waals surface area contributed by atoms with Crippen LogP contribution >= 0.6 is 0 Å². The topological polar surface area (TPSA) is 85.3 Å². The molecule has 19 heavy (non-hydrogen) atoms. The second kappa shape index (κ2) is 5.56. The summed E-state index contributed by atoms with van der Waals surface area (Å²) in [5.74, 6) is -0.778. The van der Waals surface area contributed by atoms with Crippen molar-refractivity contribution in [2.45, 2.75) is 13.3 Å². The Morgan fingerprint density at radius 1 is 1.37 bits per heavy atom. The normalized spacial score (nSPS) is 12.3. The number of nitrogens with one attached hydrogen (secondary N) is 1. The average Bonchev–Trinajstić information content (AvgIpc) is 2.86. The summed E-state index contributed by atoms with van der Waals surface area (Å²) in [6, 6.07) is 7.08. The Labute approximate surface area is 110 Å². The molecule has 5 nitrogen and oxygen atoms in total. The molecule has 2 aromatic rings. The van der Waals surface area contributed by atoms with E-state index in [0.29, 0.717) is 24.1 Å². The van der Waals surface area contributed by atoms with Gasteiger partial charge in [-0.15, -0.1) is 0 Å².